The molecule has 4 heteroatoms. The molecule has 0 radical (unpaired) electrons. The second-order valence-corrected chi connectivity index (χ2v) is 3.21. The molecule has 1 aromatic rings. The van der Waals surface area contributed by atoms with Gasteiger partial charge < -0.3 is 10.5 Å². The van der Waals surface area contributed by atoms with Crippen LogP contribution in [0.25, 0.3) is 0 Å². The second-order valence-electron chi connectivity index (χ2n) is 3.21. The average molecular weight is 195 g/mol. The van der Waals surface area contributed by atoms with Crippen molar-refractivity contribution in [3.05, 3.63) is 18.1 Å². The Hall–Kier alpha value is -1.16. The summed E-state index contributed by atoms with van der Waals surface area (Å²) < 4.78 is 5.50. The van der Waals surface area contributed by atoms with Gasteiger partial charge in [-0.05, 0) is 18.9 Å². The van der Waals surface area contributed by atoms with E-state index in [-0.39, 0.29) is 0 Å². The van der Waals surface area contributed by atoms with Crippen LogP contribution in [0.5, 0.6) is 0 Å². The highest BCUT2D eigenvalue weighted by molar-refractivity contribution is 5.26. The van der Waals surface area contributed by atoms with Crippen LogP contribution < -0.4 is 5.73 Å². The van der Waals surface area contributed by atoms with Crippen LogP contribution in [0.3, 0.4) is 0 Å². The molecular weight excluding hydrogens is 178 g/mol. The molecule has 0 amide bonds. The van der Waals surface area contributed by atoms with Gasteiger partial charge in [0.05, 0.1) is 0 Å². The Morgan fingerprint density at radius 1 is 1.43 bits per heavy atom. The summed E-state index contributed by atoms with van der Waals surface area (Å²) in [6, 6.07) is 1.68. The van der Waals surface area contributed by atoms with Crippen molar-refractivity contribution >= 4 is 5.82 Å². The van der Waals surface area contributed by atoms with Gasteiger partial charge in [-0.15, -0.1) is 0 Å². The molecule has 0 atom stereocenters. The molecule has 0 aromatic carbocycles. The van der Waals surface area contributed by atoms with Crippen molar-refractivity contribution in [3.63, 3.8) is 0 Å². The average Bonchev–Trinajstić information content (AvgIpc) is 2.22. The highest BCUT2D eigenvalue weighted by Crippen LogP contribution is 2.29. The van der Waals surface area contributed by atoms with Crippen LogP contribution in [0.15, 0.2) is 12.3 Å². The van der Waals surface area contributed by atoms with E-state index in [0.29, 0.717) is 11.6 Å². The lowest BCUT2D eigenvalue weighted by molar-refractivity contribution is -0.0290. The Morgan fingerprint density at radius 3 is 2.50 bits per heavy atom. The first kappa shape index (κ1) is 10.9. The van der Waals surface area contributed by atoms with Crippen molar-refractivity contribution in [2.75, 3.05) is 12.8 Å². The highest BCUT2D eigenvalue weighted by Gasteiger charge is 2.31. The number of nitrogens with zero attached hydrogens (tertiary/aromatic N) is 2. The number of hydrogen-bond acceptors (Lipinski definition) is 4. The predicted octanol–water partition coefficient (Wildman–Crippen LogP) is 1.72. The largest absolute Gasteiger partial charge is 0.384 e. The van der Waals surface area contributed by atoms with E-state index in [1.165, 1.54) is 0 Å². The number of nitrogens with two attached hydrogens (primary N) is 1. The van der Waals surface area contributed by atoms with Crippen LogP contribution in [-0.4, -0.2) is 17.1 Å². The number of rotatable bonds is 4. The fraction of sp³-hybridized carbons (Fsp3) is 0.600. The van der Waals surface area contributed by atoms with Crippen LogP contribution >= 0.6 is 0 Å². The maximum atomic E-state index is 5.61. The third-order valence-corrected chi connectivity index (χ3v) is 2.62. The van der Waals surface area contributed by atoms with Crippen LogP contribution in [-0.2, 0) is 10.3 Å². The minimum absolute atomic E-state index is 0.393. The molecule has 0 aliphatic heterocycles. The summed E-state index contributed by atoms with van der Waals surface area (Å²) in [5.74, 6) is 1.16. The number of aromatic nitrogens is 2. The van der Waals surface area contributed by atoms with Gasteiger partial charge in [0.15, 0.2) is 5.82 Å². The van der Waals surface area contributed by atoms with Gasteiger partial charge in [0.2, 0.25) is 0 Å². The Kier molecular flexibility index (Phi) is 3.41. The molecule has 0 fully saturated rings. The zero-order valence-electron chi connectivity index (χ0n) is 8.95. The van der Waals surface area contributed by atoms with Gasteiger partial charge in [-0.2, -0.15) is 0 Å². The first-order valence-electron chi connectivity index (χ1n) is 4.82. The number of methoxy groups -OCH3 is 1. The van der Waals surface area contributed by atoms with E-state index in [1.54, 1.807) is 19.4 Å². The Balaban J connectivity index is 3.10. The number of ether oxygens (including phenoxy) is 1. The summed E-state index contributed by atoms with van der Waals surface area (Å²) in [5, 5.41) is 0. The molecule has 0 aliphatic rings. The molecule has 0 saturated heterocycles. The summed E-state index contributed by atoms with van der Waals surface area (Å²) in [7, 11) is 1.68. The van der Waals surface area contributed by atoms with Crippen LogP contribution in [0.1, 0.15) is 32.5 Å². The quantitative estimate of drug-likeness (QED) is 0.794. The Morgan fingerprint density at radius 2 is 2.07 bits per heavy atom. The Bertz CT molecular complexity index is 289. The van der Waals surface area contributed by atoms with E-state index >= 15 is 0 Å². The van der Waals surface area contributed by atoms with E-state index in [1.807, 2.05) is 0 Å². The van der Waals surface area contributed by atoms with Gasteiger partial charge in [-0.1, -0.05) is 13.8 Å². The molecule has 78 valence electrons. The zero-order valence-corrected chi connectivity index (χ0v) is 8.95. The zero-order chi connectivity index (χ0) is 10.6. The lowest BCUT2D eigenvalue weighted by Crippen LogP contribution is -2.29. The minimum Gasteiger partial charge on any atom is -0.384 e. The predicted molar refractivity (Wildman–Crippen MR) is 55.7 cm³/mol. The molecule has 1 heterocycles. The minimum atomic E-state index is -0.393. The molecule has 0 bridgehead atoms. The smallest absolute Gasteiger partial charge is 0.162 e. The first-order valence-corrected chi connectivity index (χ1v) is 4.82. The normalized spacial score (nSPS) is 11.6. The molecule has 14 heavy (non-hydrogen) atoms. The summed E-state index contributed by atoms with van der Waals surface area (Å²) in [5.41, 5.74) is 5.22. The fourth-order valence-electron chi connectivity index (χ4n) is 1.54. The van der Waals surface area contributed by atoms with Crippen molar-refractivity contribution < 1.29 is 4.74 Å². The van der Waals surface area contributed by atoms with Gasteiger partial charge in [-0.25, -0.2) is 9.97 Å². The lowest BCUT2D eigenvalue weighted by atomic mass is 9.96. The molecular formula is C10H17N3O. The molecule has 0 unspecified atom stereocenters. The summed E-state index contributed by atoms with van der Waals surface area (Å²) in [4.78, 5) is 8.41. The number of anilines is 1. The van der Waals surface area contributed by atoms with Crippen molar-refractivity contribution in [1.82, 2.24) is 9.97 Å². The van der Waals surface area contributed by atoms with Crippen LogP contribution in [0.4, 0.5) is 5.82 Å². The standard InChI is InChI=1S/C10H17N3O/c1-4-10(5-2,14-3)9-12-7-6-8(11)13-9/h6-7H,4-5H2,1-3H3,(H2,11,12,13). The molecule has 1 rings (SSSR count). The summed E-state index contributed by atoms with van der Waals surface area (Å²) >= 11 is 0. The van der Waals surface area contributed by atoms with E-state index in [4.69, 9.17) is 10.5 Å². The maximum absolute atomic E-state index is 5.61. The van der Waals surface area contributed by atoms with Crippen LogP contribution in [0.2, 0.25) is 0 Å². The topological polar surface area (TPSA) is 61.0 Å². The highest BCUT2D eigenvalue weighted by atomic mass is 16.5. The summed E-state index contributed by atoms with van der Waals surface area (Å²) in [6.45, 7) is 4.11. The SMILES string of the molecule is CCC(CC)(OC)c1nccc(N)n1. The number of hydrogen-bond donors (Lipinski definition) is 1. The van der Waals surface area contributed by atoms with Crippen molar-refractivity contribution in [3.8, 4) is 0 Å². The van der Waals surface area contributed by atoms with E-state index < -0.39 is 5.60 Å². The van der Waals surface area contributed by atoms with Gasteiger partial charge in [0.1, 0.15) is 11.4 Å². The summed E-state index contributed by atoms with van der Waals surface area (Å²) in [6.07, 6.45) is 3.34. The Labute approximate surface area is 84.5 Å². The van der Waals surface area contributed by atoms with Gasteiger partial charge >= 0.3 is 0 Å². The van der Waals surface area contributed by atoms with Gasteiger partial charge in [0, 0.05) is 13.3 Å². The third kappa shape index (κ3) is 1.85. The van der Waals surface area contributed by atoms with Gasteiger partial charge in [-0.3, -0.25) is 0 Å². The molecule has 0 saturated carbocycles. The molecule has 4 nitrogen and oxygen atoms in total. The molecule has 0 aliphatic carbocycles. The second kappa shape index (κ2) is 4.37. The van der Waals surface area contributed by atoms with Crippen molar-refractivity contribution in [1.29, 1.82) is 0 Å². The fourth-order valence-corrected chi connectivity index (χ4v) is 1.54. The van der Waals surface area contributed by atoms with E-state index in [9.17, 15) is 0 Å². The van der Waals surface area contributed by atoms with Gasteiger partial charge in [0.25, 0.3) is 0 Å². The van der Waals surface area contributed by atoms with E-state index in [0.717, 1.165) is 12.8 Å². The van der Waals surface area contributed by atoms with Crippen LogP contribution in [0, 0.1) is 0 Å². The lowest BCUT2D eigenvalue weighted by Gasteiger charge is -2.28. The van der Waals surface area contributed by atoms with Crippen molar-refractivity contribution in [2.24, 2.45) is 0 Å². The molecule has 2 N–H and O–H groups in total. The van der Waals surface area contributed by atoms with Crippen molar-refractivity contribution in [2.45, 2.75) is 32.3 Å². The maximum Gasteiger partial charge on any atom is 0.162 e. The molecule has 0 spiro atoms. The monoisotopic (exact) mass is 195 g/mol. The first-order chi connectivity index (χ1) is 6.68. The number of nitrogen functional groups attached to an aromatic ring is 1. The molecule has 1 aromatic heterocycles. The van der Waals surface area contributed by atoms with E-state index in [2.05, 4.69) is 23.8 Å². The third-order valence-electron chi connectivity index (χ3n) is 2.62.